The van der Waals surface area contributed by atoms with Crippen LogP contribution < -0.4 is 21.2 Å². The molecule has 92 valence electrons. The molecule has 5 heteroatoms. The molecule has 0 aliphatic rings. The maximum atomic E-state index is 3.38. The standard InChI is InChI=1S/C12H22NSi2.BrH.Mg/c1-14(2,3)13(15(4,5)6)12-10-8-7-9-11-12;;/h7-10H,1-6H3;1H;/q-1;;+2/p-1. The second-order valence-corrected chi connectivity index (χ2v) is 15.9. The number of benzene rings is 1. The first-order chi connectivity index (χ1) is 6.73. The largest absolute Gasteiger partial charge is 2.00 e. The average molecular weight is 341 g/mol. The number of anilines is 1. The predicted molar refractivity (Wildman–Crippen MR) is 80.2 cm³/mol. The van der Waals surface area contributed by atoms with Crippen LogP contribution in [-0.2, 0) is 0 Å². The van der Waals surface area contributed by atoms with E-state index in [0.717, 1.165) is 0 Å². The van der Waals surface area contributed by atoms with Crippen molar-refractivity contribution >= 4 is 45.2 Å². The molecule has 0 aliphatic heterocycles. The number of para-hydroxylation sites is 1. The van der Waals surface area contributed by atoms with Crippen LogP contribution in [0, 0.1) is 6.07 Å². The van der Waals surface area contributed by atoms with Crippen molar-refractivity contribution in [2.45, 2.75) is 39.3 Å². The molecule has 0 aromatic heterocycles. The topological polar surface area (TPSA) is 3.24 Å². The monoisotopic (exact) mass is 339 g/mol. The van der Waals surface area contributed by atoms with Gasteiger partial charge in [-0.2, -0.15) is 24.3 Å². The Kier molecular flexibility index (Phi) is 8.63. The molecular formula is C12H22BrMgNSi2. The fourth-order valence-electron chi connectivity index (χ4n) is 2.25. The van der Waals surface area contributed by atoms with Gasteiger partial charge < -0.3 is 21.2 Å². The van der Waals surface area contributed by atoms with Crippen LogP contribution in [0.15, 0.2) is 24.3 Å². The van der Waals surface area contributed by atoms with Crippen molar-refractivity contribution in [3.8, 4) is 0 Å². The normalized spacial score (nSPS) is 11.2. The predicted octanol–water partition coefficient (Wildman–Crippen LogP) is 0.586. The van der Waals surface area contributed by atoms with Gasteiger partial charge in [0, 0.05) is 0 Å². The van der Waals surface area contributed by atoms with E-state index in [2.05, 4.69) is 61.7 Å². The SMILES string of the molecule is C[Si](C)(C)N(c1[c-]cccc1)[Si](C)(C)C.[Br-].[Mg+2]. The molecule has 0 amide bonds. The van der Waals surface area contributed by atoms with Crippen molar-refractivity contribution in [3.63, 3.8) is 0 Å². The van der Waals surface area contributed by atoms with Crippen molar-refractivity contribution < 1.29 is 17.0 Å². The van der Waals surface area contributed by atoms with Gasteiger partial charge in [-0.25, -0.2) is 0 Å². The van der Waals surface area contributed by atoms with E-state index in [4.69, 9.17) is 0 Å². The second-order valence-electron chi connectivity index (χ2n) is 5.92. The molecular weight excluding hydrogens is 319 g/mol. The van der Waals surface area contributed by atoms with Crippen molar-refractivity contribution in [1.82, 2.24) is 0 Å². The van der Waals surface area contributed by atoms with Gasteiger partial charge >= 0.3 is 23.1 Å². The van der Waals surface area contributed by atoms with Crippen LogP contribution in [-0.4, -0.2) is 39.5 Å². The van der Waals surface area contributed by atoms with Gasteiger partial charge in [0.25, 0.3) is 0 Å². The average Bonchev–Trinajstić information content (AvgIpc) is 2.00. The van der Waals surface area contributed by atoms with E-state index in [0.29, 0.717) is 0 Å². The van der Waals surface area contributed by atoms with Crippen LogP contribution in [0.3, 0.4) is 0 Å². The molecule has 1 rings (SSSR count). The summed E-state index contributed by atoms with van der Waals surface area (Å²) >= 11 is 0. The Morgan fingerprint density at radius 1 is 0.941 bits per heavy atom. The third kappa shape index (κ3) is 5.92. The van der Waals surface area contributed by atoms with Crippen LogP contribution in [0.25, 0.3) is 0 Å². The molecule has 0 spiro atoms. The first kappa shape index (κ1) is 20.0. The van der Waals surface area contributed by atoms with E-state index < -0.39 is 16.5 Å². The number of rotatable bonds is 3. The molecule has 0 saturated carbocycles. The van der Waals surface area contributed by atoms with Crippen molar-refractivity contribution in [2.24, 2.45) is 0 Å². The summed E-state index contributed by atoms with van der Waals surface area (Å²) in [6.07, 6.45) is 0. The fourth-order valence-corrected chi connectivity index (χ4v) is 12.0. The van der Waals surface area contributed by atoms with E-state index in [-0.39, 0.29) is 40.0 Å². The molecule has 0 atom stereocenters. The van der Waals surface area contributed by atoms with Crippen molar-refractivity contribution in [1.29, 1.82) is 0 Å². The van der Waals surface area contributed by atoms with E-state index in [1.165, 1.54) is 5.69 Å². The van der Waals surface area contributed by atoms with Crippen LogP contribution in [0.5, 0.6) is 0 Å². The van der Waals surface area contributed by atoms with Crippen LogP contribution in [0.2, 0.25) is 39.3 Å². The molecule has 0 N–H and O–H groups in total. The summed E-state index contributed by atoms with van der Waals surface area (Å²) in [4.78, 5) is 0. The van der Waals surface area contributed by atoms with Gasteiger partial charge in [-0.3, -0.25) is 0 Å². The van der Waals surface area contributed by atoms with Crippen molar-refractivity contribution in [3.05, 3.63) is 30.3 Å². The Morgan fingerprint density at radius 3 is 1.71 bits per heavy atom. The van der Waals surface area contributed by atoms with E-state index in [1.807, 2.05) is 12.1 Å². The van der Waals surface area contributed by atoms with Gasteiger partial charge in [0.2, 0.25) is 0 Å². The van der Waals surface area contributed by atoms with Crippen LogP contribution in [0.1, 0.15) is 0 Å². The Hall–Kier alpha value is 0.700. The Bertz CT molecular complexity index is 306. The molecule has 0 radical (unpaired) electrons. The van der Waals surface area contributed by atoms with E-state index >= 15 is 0 Å². The maximum Gasteiger partial charge on any atom is 2.00 e. The van der Waals surface area contributed by atoms with Gasteiger partial charge in [0.1, 0.15) is 16.5 Å². The van der Waals surface area contributed by atoms with Gasteiger partial charge in [0.05, 0.1) is 0 Å². The van der Waals surface area contributed by atoms with Gasteiger partial charge in [-0.1, -0.05) is 45.0 Å². The minimum Gasteiger partial charge on any atom is -1.00 e. The summed E-state index contributed by atoms with van der Waals surface area (Å²) in [6.45, 7) is 14.5. The third-order valence-electron chi connectivity index (χ3n) is 2.28. The van der Waals surface area contributed by atoms with E-state index in [9.17, 15) is 0 Å². The second kappa shape index (κ2) is 7.33. The Balaban J connectivity index is 0. The zero-order chi connectivity index (χ0) is 11.7. The molecule has 0 saturated heterocycles. The quantitative estimate of drug-likeness (QED) is 0.575. The minimum atomic E-state index is -1.30. The molecule has 0 aliphatic carbocycles. The fraction of sp³-hybridized carbons (Fsp3) is 0.500. The summed E-state index contributed by atoms with van der Waals surface area (Å²) in [7, 11) is -2.60. The molecule has 17 heavy (non-hydrogen) atoms. The third-order valence-corrected chi connectivity index (χ3v) is 9.47. The zero-order valence-corrected chi connectivity index (χ0v) is 16.8. The summed E-state index contributed by atoms with van der Waals surface area (Å²) in [5.41, 5.74) is 1.29. The first-order valence-corrected chi connectivity index (χ1v) is 12.4. The number of hydrogen-bond donors (Lipinski definition) is 0. The summed E-state index contributed by atoms with van der Waals surface area (Å²) < 4.78 is 2.68. The molecule has 0 bridgehead atoms. The Labute approximate surface area is 135 Å². The van der Waals surface area contributed by atoms with Crippen LogP contribution in [0.4, 0.5) is 5.69 Å². The van der Waals surface area contributed by atoms with Crippen LogP contribution >= 0.6 is 0 Å². The number of nitrogens with zero attached hydrogens (tertiary/aromatic N) is 1. The van der Waals surface area contributed by atoms with Crippen molar-refractivity contribution in [2.75, 3.05) is 4.23 Å². The summed E-state index contributed by atoms with van der Waals surface area (Å²) in [5, 5.41) is 0. The Morgan fingerprint density at radius 2 is 1.41 bits per heavy atom. The molecule has 1 nitrogen and oxygen atoms in total. The molecule has 1 aromatic rings. The van der Waals surface area contributed by atoms with Gasteiger partial charge in [0.15, 0.2) is 0 Å². The van der Waals surface area contributed by atoms with Gasteiger partial charge in [-0.15, -0.1) is 6.07 Å². The van der Waals surface area contributed by atoms with E-state index in [1.54, 1.807) is 0 Å². The summed E-state index contributed by atoms with van der Waals surface area (Å²) in [6, 6.07) is 11.7. The molecule has 1 aromatic carbocycles. The molecule has 0 heterocycles. The maximum absolute atomic E-state index is 3.38. The smallest absolute Gasteiger partial charge is 1.00 e. The minimum absolute atomic E-state index is 0. The number of hydrogen-bond acceptors (Lipinski definition) is 1. The summed E-state index contributed by atoms with van der Waals surface area (Å²) in [5.74, 6) is 0. The molecule has 0 unspecified atom stereocenters. The first-order valence-electron chi connectivity index (χ1n) is 5.50. The zero-order valence-electron chi connectivity index (χ0n) is 11.8. The van der Waals surface area contributed by atoms with Gasteiger partial charge in [-0.05, 0) is 0 Å². The molecule has 0 fully saturated rings. The number of halogens is 1.